The van der Waals surface area contributed by atoms with Gasteiger partial charge in [0, 0.05) is 25.1 Å². The van der Waals surface area contributed by atoms with E-state index in [1.54, 1.807) is 0 Å². The molecule has 0 spiro atoms. The van der Waals surface area contributed by atoms with Gasteiger partial charge in [0.15, 0.2) is 6.10 Å². The zero-order chi connectivity index (χ0) is 18.5. The van der Waals surface area contributed by atoms with Crippen LogP contribution < -0.4 is 5.32 Å². The highest BCUT2D eigenvalue weighted by atomic mass is 79.9. The van der Waals surface area contributed by atoms with E-state index < -0.39 is 28.0 Å². The van der Waals surface area contributed by atoms with Crippen LogP contribution >= 0.6 is 15.9 Å². The maximum atomic E-state index is 12.2. The van der Waals surface area contributed by atoms with Crippen molar-refractivity contribution in [2.45, 2.75) is 17.9 Å². The maximum Gasteiger partial charge on any atom is 0.338 e. The Morgan fingerprint density at radius 3 is 2.58 bits per heavy atom. The van der Waals surface area contributed by atoms with Gasteiger partial charge < -0.3 is 10.1 Å². The topological polar surface area (TPSA) is 92.8 Å². The lowest BCUT2D eigenvalue weighted by molar-refractivity contribution is -0.128. The minimum atomic E-state index is -3.73. The van der Waals surface area contributed by atoms with Crippen LogP contribution in [-0.4, -0.2) is 51.3 Å². The lowest BCUT2D eigenvalue weighted by Crippen LogP contribution is -2.35. The van der Waals surface area contributed by atoms with E-state index in [4.69, 9.17) is 4.74 Å². The van der Waals surface area contributed by atoms with Gasteiger partial charge in [-0.25, -0.2) is 17.5 Å². The Bertz CT molecular complexity index is 746. The van der Waals surface area contributed by atoms with Crippen LogP contribution in [0.5, 0.6) is 0 Å². The number of nitrogens with zero attached hydrogens (tertiary/aromatic N) is 1. The van der Waals surface area contributed by atoms with Gasteiger partial charge in [-0.1, -0.05) is 6.08 Å². The molecule has 1 amide bonds. The monoisotopic (exact) mass is 418 g/mol. The van der Waals surface area contributed by atoms with Crippen molar-refractivity contribution in [2.24, 2.45) is 0 Å². The van der Waals surface area contributed by atoms with Crippen LogP contribution in [0.2, 0.25) is 0 Å². The van der Waals surface area contributed by atoms with Gasteiger partial charge in [0.2, 0.25) is 10.0 Å². The average molecular weight is 419 g/mol. The molecule has 1 unspecified atom stereocenters. The molecule has 0 aliphatic rings. The second-order valence-electron chi connectivity index (χ2n) is 5.01. The third-order valence-electron chi connectivity index (χ3n) is 3.00. The van der Waals surface area contributed by atoms with E-state index in [0.29, 0.717) is 4.47 Å². The molecular formula is C15H19BrN2O5S. The fraction of sp³-hybridized carbons (Fsp3) is 0.333. The number of ether oxygens (including phenoxy) is 1. The van der Waals surface area contributed by atoms with Crippen LogP contribution in [0.1, 0.15) is 17.3 Å². The average Bonchev–Trinajstić information content (AvgIpc) is 2.52. The number of sulfonamides is 1. The molecule has 0 aliphatic heterocycles. The Morgan fingerprint density at radius 2 is 2.04 bits per heavy atom. The fourth-order valence-corrected chi connectivity index (χ4v) is 3.47. The zero-order valence-electron chi connectivity index (χ0n) is 13.6. The zero-order valence-corrected chi connectivity index (χ0v) is 16.0. The molecule has 24 heavy (non-hydrogen) atoms. The first kappa shape index (κ1) is 20.3. The van der Waals surface area contributed by atoms with Crippen molar-refractivity contribution in [2.75, 3.05) is 20.6 Å². The molecule has 7 nitrogen and oxygen atoms in total. The van der Waals surface area contributed by atoms with Crippen molar-refractivity contribution in [3.8, 4) is 0 Å². The Kier molecular flexibility index (Phi) is 7.12. The summed E-state index contributed by atoms with van der Waals surface area (Å²) in [5.41, 5.74) is 0.0296. The lowest BCUT2D eigenvalue weighted by Gasteiger charge is -2.15. The van der Waals surface area contributed by atoms with Crippen molar-refractivity contribution in [1.82, 2.24) is 9.62 Å². The second kappa shape index (κ2) is 8.41. The summed E-state index contributed by atoms with van der Waals surface area (Å²) >= 11 is 3.15. The number of hydrogen-bond acceptors (Lipinski definition) is 5. The minimum absolute atomic E-state index is 0.0296. The number of hydrogen-bond donors (Lipinski definition) is 1. The van der Waals surface area contributed by atoms with E-state index in [9.17, 15) is 18.0 Å². The molecule has 1 N–H and O–H groups in total. The Labute approximate surface area is 149 Å². The van der Waals surface area contributed by atoms with Gasteiger partial charge in [-0.3, -0.25) is 4.79 Å². The molecule has 0 aromatic heterocycles. The largest absolute Gasteiger partial charge is 0.449 e. The van der Waals surface area contributed by atoms with Crippen LogP contribution in [0.15, 0.2) is 40.2 Å². The molecule has 0 aliphatic carbocycles. The van der Waals surface area contributed by atoms with Crippen molar-refractivity contribution in [3.05, 3.63) is 40.9 Å². The van der Waals surface area contributed by atoms with E-state index >= 15 is 0 Å². The summed E-state index contributed by atoms with van der Waals surface area (Å²) in [5, 5.41) is 2.50. The van der Waals surface area contributed by atoms with E-state index in [0.717, 1.165) is 4.31 Å². The molecule has 1 aromatic rings. The number of carbonyl (C=O) groups is 2. The molecule has 0 saturated carbocycles. The van der Waals surface area contributed by atoms with E-state index in [2.05, 4.69) is 27.8 Å². The van der Waals surface area contributed by atoms with Crippen LogP contribution in [-0.2, 0) is 19.6 Å². The first-order chi connectivity index (χ1) is 11.1. The fourth-order valence-electron chi connectivity index (χ4n) is 1.62. The number of rotatable bonds is 7. The number of nitrogens with one attached hydrogen (secondary N) is 1. The number of esters is 1. The number of carbonyl (C=O) groups excluding carboxylic acids is 2. The second-order valence-corrected chi connectivity index (χ2v) is 7.99. The Hall–Kier alpha value is -1.71. The van der Waals surface area contributed by atoms with Gasteiger partial charge in [0.05, 0.1) is 10.5 Å². The van der Waals surface area contributed by atoms with Crippen LogP contribution in [0.3, 0.4) is 0 Å². The summed E-state index contributed by atoms with van der Waals surface area (Å²) in [6, 6.07) is 4.06. The maximum absolute atomic E-state index is 12.2. The number of benzene rings is 1. The number of amides is 1. The molecule has 0 fully saturated rings. The van der Waals surface area contributed by atoms with Gasteiger partial charge in [-0.15, -0.1) is 6.58 Å². The standard InChI is InChI=1S/C15H19BrN2O5S/c1-5-8-17-14(19)10(2)23-15(20)11-6-7-12(16)13(9-11)24(21,22)18(3)4/h5-7,9-10H,1,8H2,2-4H3,(H,17,19). The molecule has 1 rings (SSSR count). The van der Waals surface area contributed by atoms with Crippen LogP contribution in [0.4, 0.5) is 0 Å². The lowest BCUT2D eigenvalue weighted by atomic mass is 10.2. The van der Waals surface area contributed by atoms with E-state index in [-0.39, 0.29) is 17.0 Å². The third-order valence-corrected chi connectivity index (χ3v) is 5.81. The predicted octanol–water partition coefficient (Wildman–Crippen LogP) is 1.55. The summed E-state index contributed by atoms with van der Waals surface area (Å²) in [7, 11) is -0.957. The van der Waals surface area contributed by atoms with Crippen molar-refractivity contribution in [3.63, 3.8) is 0 Å². The minimum Gasteiger partial charge on any atom is -0.449 e. The highest BCUT2D eigenvalue weighted by molar-refractivity contribution is 9.10. The molecule has 132 valence electrons. The highest BCUT2D eigenvalue weighted by Crippen LogP contribution is 2.25. The van der Waals surface area contributed by atoms with E-state index in [1.807, 2.05) is 0 Å². The van der Waals surface area contributed by atoms with Crippen LogP contribution in [0.25, 0.3) is 0 Å². The first-order valence-electron chi connectivity index (χ1n) is 6.93. The molecular weight excluding hydrogens is 400 g/mol. The highest BCUT2D eigenvalue weighted by Gasteiger charge is 2.24. The summed E-state index contributed by atoms with van der Waals surface area (Å²) < 4.78 is 30.9. The molecule has 0 radical (unpaired) electrons. The molecule has 1 atom stereocenters. The van der Waals surface area contributed by atoms with Gasteiger partial charge in [0.25, 0.3) is 5.91 Å². The smallest absolute Gasteiger partial charge is 0.338 e. The molecule has 0 heterocycles. The Morgan fingerprint density at radius 1 is 1.42 bits per heavy atom. The summed E-state index contributed by atoms with van der Waals surface area (Å²) in [6.45, 7) is 5.15. The van der Waals surface area contributed by atoms with Gasteiger partial charge >= 0.3 is 5.97 Å². The van der Waals surface area contributed by atoms with Crippen molar-refractivity contribution in [1.29, 1.82) is 0 Å². The van der Waals surface area contributed by atoms with Gasteiger partial charge in [-0.2, -0.15) is 0 Å². The molecule has 0 saturated heterocycles. The first-order valence-corrected chi connectivity index (χ1v) is 9.16. The third kappa shape index (κ3) is 4.89. The van der Waals surface area contributed by atoms with Crippen LogP contribution in [0, 0.1) is 0 Å². The predicted molar refractivity (Wildman–Crippen MR) is 93.1 cm³/mol. The summed E-state index contributed by atoms with van der Waals surface area (Å²) in [6.07, 6.45) is 0.481. The quantitative estimate of drug-likeness (QED) is 0.535. The van der Waals surface area contributed by atoms with Gasteiger partial charge in [0.1, 0.15) is 0 Å². The Balaban J connectivity index is 3.01. The summed E-state index contributed by atoms with van der Waals surface area (Å²) in [4.78, 5) is 23.8. The van der Waals surface area contributed by atoms with Gasteiger partial charge in [-0.05, 0) is 41.1 Å². The van der Waals surface area contributed by atoms with Crippen molar-refractivity contribution >= 4 is 37.8 Å². The summed E-state index contributed by atoms with van der Waals surface area (Å²) in [5.74, 6) is -1.26. The van der Waals surface area contributed by atoms with E-state index in [1.165, 1.54) is 45.3 Å². The SMILES string of the molecule is C=CCNC(=O)C(C)OC(=O)c1ccc(Br)c(S(=O)(=O)N(C)C)c1. The number of halogens is 1. The molecule has 0 bridgehead atoms. The normalized spacial score (nSPS) is 12.5. The van der Waals surface area contributed by atoms with Crippen molar-refractivity contribution < 1.29 is 22.7 Å². The molecule has 9 heteroatoms. The molecule has 1 aromatic carbocycles.